The number of benzene rings is 1. The molecule has 0 spiro atoms. The van der Waals surface area contributed by atoms with E-state index in [9.17, 15) is 4.79 Å². The third-order valence-electron chi connectivity index (χ3n) is 5.15. The lowest BCUT2D eigenvalue weighted by atomic mass is 10.1. The lowest BCUT2D eigenvalue weighted by Crippen LogP contribution is -2.48. The van der Waals surface area contributed by atoms with E-state index < -0.39 is 0 Å². The standard InChI is InChI=1S/C22H30N4O2/c1-18(26-13-15-28-16-14-26)17-25(2)22(27)24-21-10-7-19(8-11-21)6-9-20-5-3-4-12-23-20/h3-5,7-8,10-12,18H,6,9,13-17H2,1-2H3,(H,24,27)/t18-/m1/s1. The molecular weight excluding hydrogens is 352 g/mol. The zero-order valence-corrected chi connectivity index (χ0v) is 16.8. The molecule has 0 radical (unpaired) electrons. The zero-order chi connectivity index (χ0) is 19.8. The van der Waals surface area contributed by atoms with Gasteiger partial charge in [0.1, 0.15) is 0 Å². The van der Waals surface area contributed by atoms with Gasteiger partial charge in [0.15, 0.2) is 0 Å². The smallest absolute Gasteiger partial charge is 0.321 e. The number of ether oxygens (including phenoxy) is 1. The minimum absolute atomic E-state index is 0.0821. The van der Waals surface area contributed by atoms with Crippen molar-refractivity contribution in [3.8, 4) is 0 Å². The van der Waals surface area contributed by atoms with Crippen LogP contribution in [0.1, 0.15) is 18.2 Å². The lowest BCUT2D eigenvalue weighted by molar-refractivity contribution is 0.0164. The minimum atomic E-state index is -0.0821. The quantitative estimate of drug-likeness (QED) is 0.800. The number of anilines is 1. The topological polar surface area (TPSA) is 57.7 Å². The molecule has 1 N–H and O–H groups in total. The highest BCUT2D eigenvalue weighted by Gasteiger charge is 2.20. The van der Waals surface area contributed by atoms with Crippen molar-refractivity contribution in [1.29, 1.82) is 0 Å². The molecule has 1 aliphatic rings. The van der Waals surface area contributed by atoms with E-state index in [-0.39, 0.29) is 6.03 Å². The number of morpholine rings is 1. The van der Waals surface area contributed by atoms with Crippen molar-refractivity contribution in [3.05, 3.63) is 59.9 Å². The molecule has 28 heavy (non-hydrogen) atoms. The van der Waals surface area contributed by atoms with Gasteiger partial charge in [0.2, 0.25) is 0 Å². The number of carbonyl (C=O) groups excluding carboxylic acids is 1. The number of rotatable bonds is 7. The van der Waals surface area contributed by atoms with Gasteiger partial charge in [0, 0.05) is 50.3 Å². The molecule has 1 atom stereocenters. The minimum Gasteiger partial charge on any atom is -0.379 e. The SMILES string of the molecule is C[C@H](CN(C)C(=O)Nc1ccc(CCc2ccccn2)cc1)N1CCOCC1. The summed E-state index contributed by atoms with van der Waals surface area (Å²) in [5.74, 6) is 0. The highest BCUT2D eigenvalue weighted by atomic mass is 16.5. The molecule has 150 valence electrons. The molecule has 0 aliphatic carbocycles. The van der Waals surface area contributed by atoms with E-state index in [1.807, 2.05) is 43.6 Å². The van der Waals surface area contributed by atoms with Crippen LogP contribution in [-0.4, -0.2) is 66.8 Å². The number of carbonyl (C=O) groups is 1. The number of amides is 2. The molecule has 0 bridgehead atoms. The summed E-state index contributed by atoms with van der Waals surface area (Å²) in [4.78, 5) is 21.0. The summed E-state index contributed by atoms with van der Waals surface area (Å²) in [6, 6.07) is 14.3. The summed E-state index contributed by atoms with van der Waals surface area (Å²) in [6.07, 6.45) is 3.67. The van der Waals surface area contributed by atoms with Crippen LogP contribution < -0.4 is 5.32 Å². The van der Waals surface area contributed by atoms with Crippen molar-refractivity contribution in [2.75, 3.05) is 45.2 Å². The number of nitrogens with zero attached hydrogens (tertiary/aromatic N) is 3. The molecule has 6 heteroatoms. The van der Waals surface area contributed by atoms with Gasteiger partial charge in [0.05, 0.1) is 13.2 Å². The molecule has 1 fully saturated rings. The fourth-order valence-corrected chi connectivity index (χ4v) is 3.41. The summed E-state index contributed by atoms with van der Waals surface area (Å²) in [5.41, 5.74) is 3.14. The fourth-order valence-electron chi connectivity index (χ4n) is 3.41. The molecule has 0 saturated carbocycles. The first-order valence-corrected chi connectivity index (χ1v) is 9.94. The largest absolute Gasteiger partial charge is 0.379 e. The number of pyridine rings is 1. The molecule has 1 aromatic heterocycles. The molecule has 1 aromatic carbocycles. The summed E-state index contributed by atoms with van der Waals surface area (Å²) in [7, 11) is 1.84. The van der Waals surface area contributed by atoms with Crippen LogP contribution in [0.15, 0.2) is 48.7 Å². The van der Waals surface area contributed by atoms with Gasteiger partial charge in [-0.3, -0.25) is 9.88 Å². The zero-order valence-electron chi connectivity index (χ0n) is 16.8. The van der Waals surface area contributed by atoms with Crippen LogP contribution in [0.25, 0.3) is 0 Å². The van der Waals surface area contributed by atoms with Crippen LogP contribution >= 0.6 is 0 Å². The Morgan fingerprint density at radius 2 is 1.93 bits per heavy atom. The summed E-state index contributed by atoms with van der Waals surface area (Å²) in [5, 5.41) is 2.98. The Morgan fingerprint density at radius 1 is 1.18 bits per heavy atom. The molecule has 2 heterocycles. The first kappa shape index (κ1) is 20.3. The van der Waals surface area contributed by atoms with Crippen LogP contribution in [0.2, 0.25) is 0 Å². The molecular formula is C22H30N4O2. The Morgan fingerprint density at radius 3 is 2.61 bits per heavy atom. The van der Waals surface area contributed by atoms with Gasteiger partial charge in [-0.15, -0.1) is 0 Å². The Kier molecular flexibility index (Phi) is 7.39. The van der Waals surface area contributed by atoms with Crippen LogP contribution in [0.4, 0.5) is 10.5 Å². The number of hydrogen-bond donors (Lipinski definition) is 1. The van der Waals surface area contributed by atoms with Crippen molar-refractivity contribution in [3.63, 3.8) is 0 Å². The Labute approximate surface area is 167 Å². The molecule has 2 aromatic rings. The van der Waals surface area contributed by atoms with E-state index in [1.165, 1.54) is 5.56 Å². The second-order valence-corrected chi connectivity index (χ2v) is 7.33. The predicted octanol–water partition coefficient (Wildman–Crippen LogP) is 3.05. The third-order valence-corrected chi connectivity index (χ3v) is 5.15. The Bertz CT molecular complexity index is 730. The van der Waals surface area contributed by atoms with Gasteiger partial charge >= 0.3 is 6.03 Å². The predicted molar refractivity (Wildman–Crippen MR) is 112 cm³/mol. The number of nitrogens with one attached hydrogen (secondary N) is 1. The van der Waals surface area contributed by atoms with Crippen LogP contribution in [0, 0.1) is 0 Å². The Balaban J connectivity index is 1.45. The second kappa shape index (κ2) is 10.2. The number of urea groups is 1. The van der Waals surface area contributed by atoms with Crippen molar-refractivity contribution in [2.24, 2.45) is 0 Å². The van der Waals surface area contributed by atoms with Gasteiger partial charge in [-0.2, -0.15) is 0 Å². The lowest BCUT2D eigenvalue weighted by Gasteiger charge is -2.34. The third kappa shape index (κ3) is 6.04. The average molecular weight is 383 g/mol. The molecule has 0 unspecified atom stereocenters. The van der Waals surface area contributed by atoms with E-state index in [4.69, 9.17) is 4.74 Å². The fraction of sp³-hybridized carbons (Fsp3) is 0.455. The molecule has 2 amide bonds. The number of aryl methyl sites for hydroxylation is 2. The first-order valence-electron chi connectivity index (χ1n) is 9.94. The molecule has 3 rings (SSSR count). The average Bonchev–Trinajstić information content (AvgIpc) is 2.74. The van der Waals surface area contributed by atoms with Crippen molar-refractivity contribution >= 4 is 11.7 Å². The normalized spacial score (nSPS) is 15.8. The van der Waals surface area contributed by atoms with Crippen LogP contribution in [-0.2, 0) is 17.6 Å². The first-order chi connectivity index (χ1) is 13.6. The van der Waals surface area contributed by atoms with Gasteiger partial charge in [-0.25, -0.2) is 4.79 Å². The van der Waals surface area contributed by atoms with Gasteiger partial charge in [-0.1, -0.05) is 18.2 Å². The maximum Gasteiger partial charge on any atom is 0.321 e. The van der Waals surface area contributed by atoms with E-state index in [0.717, 1.165) is 50.5 Å². The maximum absolute atomic E-state index is 12.5. The van der Waals surface area contributed by atoms with Gasteiger partial charge in [0.25, 0.3) is 0 Å². The van der Waals surface area contributed by atoms with E-state index in [0.29, 0.717) is 12.6 Å². The van der Waals surface area contributed by atoms with Crippen molar-refractivity contribution in [1.82, 2.24) is 14.8 Å². The van der Waals surface area contributed by atoms with Crippen LogP contribution in [0.5, 0.6) is 0 Å². The van der Waals surface area contributed by atoms with Crippen LogP contribution in [0.3, 0.4) is 0 Å². The second-order valence-electron chi connectivity index (χ2n) is 7.33. The van der Waals surface area contributed by atoms with Crippen molar-refractivity contribution < 1.29 is 9.53 Å². The number of aromatic nitrogens is 1. The molecule has 6 nitrogen and oxygen atoms in total. The molecule has 1 saturated heterocycles. The number of hydrogen-bond acceptors (Lipinski definition) is 4. The monoisotopic (exact) mass is 382 g/mol. The van der Waals surface area contributed by atoms with E-state index >= 15 is 0 Å². The van der Waals surface area contributed by atoms with Gasteiger partial charge in [-0.05, 0) is 49.6 Å². The summed E-state index contributed by atoms with van der Waals surface area (Å²) >= 11 is 0. The maximum atomic E-state index is 12.5. The van der Waals surface area contributed by atoms with Crippen molar-refractivity contribution in [2.45, 2.75) is 25.8 Å². The van der Waals surface area contributed by atoms with Gasteiger partial charge < -0.3 is 15.0 Å². The highest BCUT2D eigenvalue weighted by molar-refractivity contribution is 5.89. The summed E-state index contributed by atoms with van der Waals surface area (Å²) in [6.45, 7) is 6.24. The highest BCUT2D eigenvalue weighted by Crippen LogP contribution is 2.13. The van der Waals surface area contributed by atoms with E-state index in [2.05, 4.69) is 34.3 Å². The molecule has 1 aliphatic heterocycles. The number of likely N-dealkylation sites (N-methyl/N-ethyl adjacent to an activating group) is 1. The van der Waals surface area contributed by atoms with E-state index in [1.54, 1.807) is 4.90 Å². The Hall–Kier alpha value is -2.44. The summed E-state index contributed by atoms with van der Waals surface area (Å²) < 4.78 is 5.40.